The van der Waals surface area contributed by atoms with Crippen LogP contribution in [0.5, 0.6) is 5.75 Å². The summed E-state index contributed by atoms with van der Waals surface area (Å²) in [4.78, 5) is 23.8. The average Bonchev–Trinajstić information content (AvgIpc) is 2.68. The first kappa shape index (κ1) is 18.7. The fourth-order valence-electron chi connectivity index (χ4n) is 2.96. The summed E-state index contributed by atoms with van der Waals surface area (Å²) in [5.41, 5.74) is 1.22. The molecule has 0 unspecified atom stereocenters. The molecule has 2 aromatic carbocycles. The Morgan fingerprint density at radius 2 is 1.85 bits per heavy atom. The van der Waals surface area contributed by atoms with Crippen molar-refractivity contribution in [3.63, 3.8) is 0 Å². The summed E-state index contributed by atoms with van der Waals surface area (Å²) in [6, 6.07) is 18.4. The Hall–Kier alpha value is -3.08. The highest BCUT2D eigenvalue weighted by molar-refractivity contribution is 5.81. The van der Waals surface area contributed by atoms with Crippen molar-refractivity contribution >= 4 is 16.9 Å². The van der Waals surface area contributed by atoms with Gasteiger partial charge in [0.1, 0.15) is 11.3 Å². The molecular formula is C22H23NO4. The van der Waals surface area contributed by atoms with Crippen LogP contribution in [0.3, 0.4) is 0 Å². The lowest BCUT2D eigenvalue weighted by Gasteiger charge is -2.19. The van der Waals surface area contributed by atoms with Crippen LogP contribution >= 0.6 is 0 Å². The third-order valence-corrected chi connectivity index (χ3v) is 4.56. The van der Waals surface area contributed by atoms with Crippen molar-refractivity contribution in [3.05, 3.63) is 76.6 Å². The van der Waals surface area contributed by atoms with Gasteiger partial charge >= 0.3 is 5.63 Å². The van der Waals surface area contributed by atoms with Gasteiger partial charge in [-0.15, -0.1) is 0 Å². The number of fused-ring (bicyclic) bond motifs is 1. The van der Waals surface area contributed by atoms with E-state index in [1.165, 1.54) is 11.6 Å². The minimum Gasteiger partial charge on any atom is -0.481 e. The Morgan fingerprint density at radius 1 is 1.11 bits per heavy atom. The van der Waals surface area contributed by atoms with E-state index in [-0.39, 0.29) is 11.8 Å². The molecule has 1 heterocycles. The summed E-state index contributed by atoms with van der Waals surface area (Å²) in [5.74, 6) is 0.561. The molecular weight excluding hydrogens is 342 g/mol. The quantitative estimate of drug-likeness (QED) is 0.646. The largest absolute Gasteiger partial charge is 0.481 e. The van der Waals surface area contributed by atoms with Crippen molar-refractivity contribution in [2.24, 2.45) is 0 Å². The van der Waals surface area contributed by atoms with Gasteiger partial charge < -0.3 is 14.5 Å². The Labute approximate surface area is 158 Å². The molecule has 27 heavy (non-hydrogen) atoms. The molecule has 0 radical (unpaired) electrons. The zero-order valence-corrected chi connectivity index (χ0v) is 15.5. The summed E-state index contributed by atoms with van der Waals surface area (Å²) in [6.45, 7) is 4.36. The molecule has 0 aliphatic rings. The number of rotatable bonds is 7. The number of hydrogen-bond acceptors (Lipinski definition) is 4. The van der Waals surface area contributed by atoms with Crippen LogP contribution in [0.4, 0.5) is 0 Å². The van der Waals surface area contributed by atoms with Crippen molar-refractivity contribution in [2.45, 2.75) is 32.3 Å². The lowest BCUT2D eigenvalue weighted by Crippen LogP contribution is -2.38. The highest BCUT2D eigenvalue weighted by Gasteiger charge is 2.17. The Balaban J connectivity index is 1.61. The number of carbonyl (C=O) groups excluding carboxylic acids is 1. The van der Waals surface area contributed by atoms with Crippen LogP contribution in [-0.2, 0) is 4.79 Å². The molecule has 3 aromatic rings. The molecule has 1 aromatic heterocycles. The SMILES string of the molecule is CC[C@H](CNC(=O)[C@H](C)Oc1ccc2ccc(=O)oc2c1)c1ccccc1. The second kappa shape index (κ2) is 8.54. The van der Waals surface area contributed by atoms with Crippen LogP contribution in [0.2, 0.25) is 0 Å². The number of nitrogens with one attached hydrogen (secondary N) is 1. The number of ether oxygens (including phenoxy) is 1. The molecule has 5 heteroatoms. The minimum atomic E-state index is -0.661. The third kappa shape index (κ3) is 4.76. The van der Waals surface area contributed by atoms with Gasteiger partial charge in [-0.3, -0.25) is 4.79 Å². The van der Waals surface area contributed by atoms with Crippen LogP contribution in [0.15, 0.2) is 69.9 Å². The maximum atomic E-state index is 12.4. The van der Waals surface area contributed by atoms with Gasteiger partial charge in [0.25, 0.3) is 5.91 Å². The van der Waals surface area contributed by atoms with Gasteiger partial charge in [-0.05, 0) is 37.1 Å². The normalized spacial score (nSPS) is 13.1. The molecule has 2 atom stereocenters. The first-order chi connectivity index (χ1) is 13.1. The van der Waals surface area contributed by atoms with Crippen LogP contribution in [-0.4, -0.2) is 18.6 Å². The predicted octanol–water partition coefficient (Wildman–Crippen LogP) is 3.87. The van der Waals surface area contributed by atoms with Crippen molar-refractivity contribution in [1.82, 2.24) is 5.32 Å². The molecule has 0 saturated heterocycles. The van der Waals surface area contributed by atoms with Crippen LogP contribution in [0.25, 0.3) is 11.0 Å². The van der Waals surface area contributed by atoms with E-state index in [9.17, 15) is 9.59 Å². The Morgan fingerprint density at radius 3 is 2.59 bits per heavy atom. The number of benzene rings is 2. The van der Waals surface area contributed by atoms with Crippen molar-refractivity contribution < 1.29 is 13.9 Å². The van der Waals surface area contributed by atoms with E-state index >= 15 is 0 Å². The summed E-state index contributed by atoms with van der Waals surface area (Å²) >= 11 is 0. The molecule has 0 fully saturated rings. The van der Waals surface area contributed by atoms with Gasteiger partial charge in [0, 0.05) is 30.0 Å². The van der Waals surface area contributed by atoms with Crippen LogP contribution < -0.4 is 15.7 Å². The lowest BCUT2D eigenvalue weighted by atomic mass is 9.96. The molecule has 5 nitrogen and oxygen atoms in total. The third-order valence-electron chi connectivity index (χ3n) is 4.56. The molecule has 1 amide bonds. The molecule has 140 valence electrons. The zero-order chi connectivity index (χ0) is 19.2. The molecule has 1 N–H and O–H groups in total. The van der Waals surface area contributed by atoms with Gasteiger partial charge in [-0.1, -0.05) is 37.3 Å². The molecule has 0 bridgehead atoms. The van der Waals surface area contributed by atoms with Crippen molar-refractivity contribution in [2.75, 3.05) is 6.54 Å². The summed E-state index contributed by atoms with van der Waals surface area (Å²) < 4.78 is 10.9. The summed E-state index contributed by atoms with van der Waals surface area (Å²) in [6.07, 6.45) is 0.273. The zero-order valence-electron chi connectivity index (χ0n) is 15.5. The molecule has 3 rings (SSSR count). The Bertz CT molecular complexity index is 965. The summed E-state index contributed by atoms with van der Waals surface area (Å²) in [7, 11) is 0. The maximum absolute atomic E-state index is 12.4. The van der Waals surface area contributed by atoms with Crippen LogP contribution in [0.1, 0.15) is 31.7 Å². The van der Waals surface area contributed by atoms with Gasteiger partial charge in [0.05, 0.1) is 0 Å². The molecule has 0 saturated carbocycles. The lowest BCUT2D eigenvalue weighted by molar-refractivity contribution is -0.127. The summed E-state index contributed by atoms with van der Waals surface area (Å²) in [5, 5.41) is 3.76. The average molecular weight is 365 g/mol. The maximum Gasteiger partial charge on any atom is 0.336 e. The van der Waals surface area contributed by atoms with E-state index < -0.39 is 11.7 Å². The minimum absolute atomic E-state index is 0.181. The van der Waals surface area contributed by atoms with E-state index in [1.54, 1.807) is 31.2 Å². The second-order valence-electron chi connectivity index (χ2n) is 6.48. The van der Waals surface area contributed by atoms with Gasteiger partial charge in [-0.2, -0.15) is 0 Å². The van der Waals surface area contributed by atoms with Crippen molar-refractivity contribution in [3.8, 4) is 5.75 Å². The topological polar surface area (TPSA) is 68.5 Å². The van der Waals surface area contributed by atoms with E-state index in [2.05, 4.69) is 24.4 Å². The second-order valence-corrected chi connectivity index (χ2v) is 6.48. The molecule has 0 aliphatic carbocycles. The van der Waals surface area contributed by atoms with Crippen LogP contribution in [0, 0.1) is 0 Å². The first-order valence-electron chi connectivity index (χ1n) is 9.10. The van der Waals surface area contributed by atoms with Gasteiger partial charge in [0.15, 0.2) is 6.10 Å². The monoisotopic (exact) mass is 365 g/mol. The fourth-order valence-corrected chi connectivity index (χ4v) is 2.96. The van der Waals surface area contributed by atoms with Crippen molar-refractivity contribution in [1.29, 1.82) is 0 Å². The van der Waals surface area contributed by atoms with Gasteiger partial charge in [-0.25, -0.2) is 4.79 Å². The number of hydrogen-bond donors (Lipinski definition) is 1. The predicted molar refractivity (Wildman–Crippen MR) is 105 cm³/mol. The highest BCUT2D eigenvalue weighted by atomic mass is 16.5. The standard InChI is InChI=1S/C22H23NO4/c1-3-16(17-7-5-4-6-8-17)14-23-22(25)15(2)26-19-11-9-18-10-12-21(24)27-20(18)13-19/h4-13,15-16H,3,14H2,1-2H3,(H,23,25)/t15-,16+/m0/s1. The molecule has 0 aliphatic heterocycles. The first-order valence-corrected chi connectivity index (χ1v) is 9.10. The van der Waals surface area contributed by atoms with E-state index in [0.717, 1.165) is 11.8 Å². The van der Waals surface area contributed by atoms with E-state index in [0.29, 0.717) is 17.9 Å². The Kier molecular flexibility index (Phi) is 5.91. The van der Waals surface area contributed by atoms with E-state index in [1.807, 2.05) is 18.2 Å². The number of amides is 1. The van der Waals surface area contributed by atoms with E-state index in [4.69, 9.17) is 9.15 Å². The fraction of sp³-hybridized carbons (Fsp3) is 0.273. The smallest absolute Gasteiger partial charge is 0.336 e. The molecule has 0 spiro atoms. The number of carbonyl (C=O) groups is 1. The van der Waals surface area contributed by atoms with Gasteiger partial charge in [0.2, 0.25) is 0 Å². The highest BCUT2D eigenvalue weighted by Crippen LogP contribution is 2.21.